The third-order valence-corrected chi connectivity index (χ3v) is 4.60. The van der Waals surface area contributed by atoms with Gasteiger partial charge in [0.1, 0.15) is 5.75 Å². The summed E-state index contributed by atoms with van der Waals surface area (Å²) in [4.78, 5) is 6.76. The minimum atomic E-state index is 0.225. The number of aryl methyl sites for hydroxylation is 2. The van der Waals surface area contributed by atoms with E-state index < -0.39 is 0 Å². The predicted molar refractivity (Wildman–Crippen MR) is 92.1 cm³/mol. The number of hydrogen-bond donors (Lipinski definition) is 0. The molecule has 3 heterocycles. The molecule has 6 nitrogen and oxygen atoms in total. The number of nitrogens with zero attached hydrogens (tertiary/aromatic N) is 4. The highest BCUT2D eigenvalue weighted by atomic mass is 16.5. The van der Waals surface area contributed by atoms with Crippen LogP contribution in [-0.2, 0) is 18.3 Å². The van der Waals surface area contributed by atoms with Crippen molar-refractivity contribution in [2.75, 3.05) is 26.4 Å². The van der Waals surface area contributed by atoms with E-state index in [9.17, 15) is 0 Å². The Morgan fingerprint density at radius 2 is 2.17 bits per heavy atom. The van der Waals surface area contributed by atoms with E-state index in [2.05, 4.69) is 34.9 Å². The van der Waals surface area contributed by atoms with E-state index in [0.717, 1.165) is 36.7 Å². The molecule has 2 aromatic heterocycles. The van der Waals surface area contributed by atoms with Gasteiger partial charge in [0.05, 0.1) is 37.8 Å². The van der Waals surface area contributed by atoms with Crippen molar-refractivity contribution in [3.05, 3.63) is 41.0 Å². The first-order chi connectivity index (χ1) is 11.6. The van der Waals surface area contributed by atoms with Crippen molar-refractivity contribution in [3.8, 4) is 5.75 Å². The van der Waals surface area contributed by atoms with Crippen molar-refractivity contribution in [3.63, 3.8) is 0 Å². The van der Waals surface area contributed by atoms with Crippen molar-refractivity contribution in [2.45, 2.75) is 33.4 Å². The number of hydrogen-bond acceptors (Lipinski definition) is 5. The topological polar surface area (TPSA) is 52.4 Å². The first-order valence-corrected chi connectivity index (χ1v) is 8.48. The standard InChI is InChI=1S/C18H26N4O2/c1-5-24-16-8-15(9-19-10-16)11-22-6-7-23-12-17(22)18-13(2)20-21(4)14(18)3/h8-10,17H,5-7,11-12H2,1-4H3. The zero-order valence-corrected chi connectivity index (χ0v) is 15.0. The fourth-order valence-corrected chi connectivity index (χ4v) is 3.40. The first-order valence-electron chi connectivity index (χ1n) is 8.48. The molecule has 2 aromatic rings. The molecular formula is C18H26N4O2. The smallest absolute Gasteiger partial charge is 0.137 e. The Morgan fingerprint density at radius 3 is 2.88 bits per heavy atom. The highest BCUT2D eigenvalue weighted by molar-refractivity contribution is 5.29. The van der Waals surface area contributed by atoms with E-state index in [1.165, 1.54) is 11.3 Å². The van der Waals surface area contributed by atoms with Crippen LogP contribution < -0.4 is 4.74 Å². The van der Waals surface area contributed by atoms with E-state index in [-0.39, 0.29) is 6.04 Å². The number of aromatic nitrogens is 3. The second kappa shape index (κ2) is 7.32. The first kappa shape index (κ1) is 16.9. The summed E-state index contributed by atoms with van der Waals surface area (Å²) in [6.07, 6.45) is 3.68. The van der Waals surface area contributed by atoms with E-state index in [1.807, 2.05) is 24.9 Å². The highest BCUT2D eigenvalue weighted by Gasteiger charge is 2.29. The summed E-state index contributed by atoms with van der Waals surface area (Å²) in [6.45, 7) is 10.0. The van der Waals surface area contributed by atoms with Gasteiger partial charge in [-0.2, -0.15) is 5.10 Å². The summed E-state index contributed by atoms with van der Waals surface area (Å²) in [5.74, 6) is 0.827. The average molecular weight is 330 g/mol. The lowest BCUT2D eigenvalue weighted by Crippen LogP contribution is -2.39. The van der Waals surface area contributed by atoms with E-state index in [4.69, 9.17) is 9.47 Å². The summed E-state index contributed by atoms with van der Waals surface area (Å²) in [7, 11) is 2.00. The molecule has 1 unspecified atom stereocenters. The van der Waals surface area contributed by atoms with Crippen LogP contribution in [0.1, 0.15) is 35.5 Å². The molecule has 0 spiro atoms. The Hall–Kier alpha value is -1.92. The molecule has 0 radical (unpaired) electrons. The number of pyridine rings is 1. The van der Waals surface area contributed by atoms with Gasteiger partial charge < -0.3 is 9.47 Å². The summed E-state index contributed by atoms with van der Waals surface area (Å²) < 4.78 is 13.3. The zero-order chi connectivity index (χ0) is 17.1. The van der Waals surface area contributed by atoms with Crippen LogP contribution >= 0.6 is 0 Å². The summed E-state index contributed by atoms with van der Waals surface area (Å²) >= 11 is 0. The Kier molecular flexibility index (Phi) is 5.16. The second-order valence-electron chi connectivity index (χ2n) is 6.23. The van der Waals surface area contributed by atoms with Gasteiger partial charge in [-0.3, -0.25) is 14.6 Å². The fraction of sp³-hybridized carbons (Fsp3) is 0.556. The summed E-state index contributed by atoms with van der Waals surface area (Å²) in [5, 5.41) is 4.57. The van der Waals surface area contributed by atoms with Crippen LogP contribution in [0.5, 0.6) is 5.75 Å². The monoisotopic (exact) mass is 330 g/mol. The molecule has 130 valence electrons. The van der Waals surface area contributed by atoms with Crippen LogP contribution in [0.15, 0.2) is 18.5 Å². The van der Waals surface area contributed by atoms with Crippen molar-refractivity contribution in [2.24, 2.45) is 7.05 Å². The van der Waals surface area contributed by atoms with Crippen LogP contribution in [0.4, 0.5) is 0 Å². The summed E-state index contributed by atoms with van der Waals surface area (Å²) in [5.41, 5.74) is 4.73. The van der Waals surface area contributed by atoms with Gasteiger partial charge in [0, 0.05) is 37.6 Å². The number of morpholine rings is 1. The van der Waals surface area contributed by atoms with E-state index in [0.29, 0.717) is 13.2 Å². The molecule has 3 rings (SSSR count). The molecule has 1 aliphatic rings. The predicted octanol–water partition coefficient (Wildman–Crippen LogP) is 2.40. The zero-order valence-electron chi connectivity index (χ0n) is 15.0. The quantitative estimate of drug-likeness (QED) is 0.843. The van der Waals surface area contributed by atoms with Crippen LogP contribution in [0.25, 0.3) is 0 Å². The molecule has 0 aromatic carbocycles. The highest BCUT2D eigenvalue weighted by Crippen LogP contribution is 2.30. The maximum Gasteiger partial charge on any atom is 0.137 e. The van der Waals surface area contributed by atoms with Gasteiger partial charge in [0.2, 0.25) is 0 Å². The van der Waals surface area contributed by atoms with Crippen LogP contribution in [-0.4, -0.2) is 46.0 Å². The van der Waals surface area contributed by atoms with Crippen molar-refractivity contribution >= 4 is 0 Å². The van der Waals surface area contributed by atoms with E-state index >= 15 is 0 Å². The third kappa shape index (κ3) is 3.44. The second-order valence-corrected chi connectivity index (χ2v) is 6.23. The molecule has 1 saturated heterocycles. The van der Waals surface area contributed by atoms with Gasteiger partial charge in [0.15, 0.2) is 0 Å². The molecule has 6 heteroatoms. The molecule has 0 N–H and O–H groups in total. The molecule has 0 saturated carbocycles. The van der Waals surface area contributed by atoms with Gasteiger partial charge in [0.25, 0.3) is 0 Å². The van der Waals surface area contributed by atoms with Gasteiger partial charge in [-0.1, -0.05) is 0 Å². The average Bonchev–Trinajstić information content (AvgIpc) is 2.81. The molecule has 0 aliphatic carbocycles. The Balaban J connectivity index is 1.84. The van der Waals surface area contributed by atoms with Crippen LogP contribution in [0, 0.1) is 13.8 Å². The number of ether oxygens (including phenoxy) is 2. The molecule has 1 aliphatic heterocycles. The Bertz CT molecular complexity index is 698. The maximum atomic E-state index is 5.77. The Morgan fingerprint density at radius 1 is 1.33 bits per heavy atom. The van der Waals surface area contributed by atoms with Crippen LogP contribution in [0.3, 0.4) is 0 Å². The largest absolute Gasteiger partial charge is 0.492 e. The van der Waals surface area contributed by atoms with Gasteiger partial charge in [-0.25, -0.2) is 0 Å². The van der Waals surface area contributed by atoms with Crippen molar-refractivity contribution in [1.82, 2.24) is 19.7 Å². The third-order valence-electron chi connectivity index (χ3n) is 4.60. The molecule has 0 amide bonds. The van der Waals surface area contributed by atoms with Gasteiger partial charge in [-0.05, 0) is 32.4 Å². The molecule has 0 bridgehead atoms. The van der Waals surface area contributed by atoms with E-state index in [1.54, 1.807) is 6.20 Å². The minimum Gasteiger partial charge on any atom is -0.492 e. The number of rotatable bonds is 5. The Labute approximate surface area is 143 Å². The molecule has 24 heavy (non-hydrogen) atoms. The normalized spacial score (nSPS) is 18.8. The lowest BCUT2D eigenvalue weighted by molar-refractivity contribution is -0.0132. The molecule has 1 atom stereocenters. The molecular weight excluding hydrogens is 304 g/mol. The van der Waals surface area contributed by atoms with Gasteiger partial charge in [-0.15, -0.1) is 0 Å². The minimum absolute atomic E-state index is 0.225. The SMILES string of the molecule is CCOc1cncc(CN2CCOCC2c2c(C)nn(C)c2C)c1. The lowest BCUT2D eigenvalue weighted by atomic mass is 10.0. The fourth-order valence-electron chi connectivity index (χ4n) is 3.40. The summed E-state index contributed by atoms with van der Waals surface area (Å²) in [6, 6.07) is 2.30. The lowest BCUT2D eigenvalue weighted by Gasteiger charge is -2.36. The van der Waals surface area contributed by atoms with Crippen LogP contribution in [0.2, 0.25) is 0 Å². The van der Waals surface area contributed by atoms with Crippen molar-refractivity contribution < 1.29 is 9.47 Å². The van der Waals surface area contributed by atoms with Gasteiger partial charge >= 0.3 is 0 Å². The molecule has 1 fully saturated rings. The van der Waals surface area contributed by atoms with Crippen molar-refractivity contribution in [1.29, 1.82) is 0 Å². The maximum absolute atomic E-state index is 5.77.